The highest BCUT2D eigenvalue weighted by Crippen LogP contribution is 2.32. The summed E-state index contributed by atoms with van der Waals surface area (Å²) in [5, 5.41) is 0. The second-order valence-electron chi connectivity index (χ2n) is 4.12. The molecule has 0 spiro atoms. The summed E-state index contributed by atoms with van der Waals surface area (Å²) in [7, 11) is 3.26. The second-order valence-corrected chi connectivity index (χ2v) is 6.65. The molecule has 0 heterocycles. The minimum atomic E-state index is -3.71. The SMILES string of the molecule is COc1ccccc1-c1ccc(S(=O)(=O)Cl)c(C)c1. The number of methoxy groups -OCH3 is 1. The Labute approximate surface area is 117 Å². The smallest absolute Gasteiger partial charge is 0.261 e. The lowest BCUT2D eigenvalue weighted by atomic mass is 10.0. The lowest BCUT2D eigenvalue weighted by Gasteiger charge is -2.10. The van der Waals surface area contributed by atoms with Crippen molar-refractivity contribution in [2.45, 2.75) is 11.8 Å². The first-order chi connectivity index (χ1) is 8.93. The molecule has 100 valence electrons. The lowest BCUT2D eigenvalue weighted by molar-refractivity contribution is 0.416. The number of rotatable bonds is 3. The zero-order chi connectivity index (χ0) is 14.0. The highest BCUT2D eigenvalue weighted by Gasteiger charge is 2.14. The number of halogens is 1. The monoisotopic (exact) mass is 296 g/mol. The fraction of sp³-hybridized carbons (Fsp3) is 0.143. The van der Waals surface area contributed by atoms with E-state index in [9.17, 15) is 8.42 Å². The van der Waals surface area contributed by atoms with E-state index in [0.717, 1.165) is 16.9 Å². The van der Waals surface area contributed by atoms with Crippen LogP contribution in [-0.4, -0.2) is 15.5 Å². The Balaban J connectivity index is 2.57. The second kappa shape index (κ2) is 5.23. The third kappa shape index (κ3) is 2.91. The summed E-state index contributed by atoms with van der Waals surface area (Å²) in [5.74, 6) is 0.739. The molecule has 0 radical (unpaired) electrons. The van der Waals surface area contributed by atoms with Crippen LogP contribution in [0.15, 0.2) is 47.4 Å². The normalized spacial score (nSPS) is 11.3. The summed E-state index contributed by atoms with van der Waals surface area (Å²) in [6.45, 7) is 1.72. The Kier molecular flexibility index (Phi) is 3.83. The molecule has 2 aromatic carbocycles. The molecule has 0 aliphatic rings. The summed E-state index contributed by atoms with van der Waals surface area (Å²) >= 11 is 0. The van der Waals surface area contributed by atoms with E-state index >= 15 is 0 Å². The predicted octanol–water partition coefficient (Wildman–Crippen LogP) is 3.60. The summed E-state index contributed by atoms with van der Waals surface area (Å²) in [6, 6.07) is 12.6. The van der Waals surface area contributed by atoms with E-state index in [1.54, 1.807) is 26.2 Å². The molecule has 0 bridgehead atoms. The molecular formula is C14H13ClO3S. The van der Waals surface area contributed by atoms with Gasteiger partial charge < -0.3 is 4.74 Å². The van der Waals surface area contributed by atoms with E-state index in [1.807, 2.05) is 24.3 Å². The van der Waals surface area contributed by atoms with Crippen molar-refractivity contribution < 1.29 is 13.2 Å². The molecule has 0 saturated heterocycles. The van der Waals surface area contributed by atoms with Crippen LogP contribution in [0.4, 0.5) is 0 Å². The molecule has 2 aromatic rings. The average molecular weight is 297 g/mol. The maximum Gasteiger partial charge on any atom is 0.261 e. The Bertz CT molecular complexity index is 708. The molecule has 0 fully saturated rings. The Morgan fingerprint density at radius 1 is 1.11 bits per heavy atom. The summed E-state index contributed by atoms with van der Waals surface area (Å²) < 4.78 is 28.0. The fourth-order valence-corrected chi connectivity index (χ4v) is 3.17. The van der Waals surface area contributed by atoms with Gasteiger partial charge in [0.05, 0.1) is 12.0 Å². The number of para-hydroxylation sites is 1. The summed E-state index contributed by atoms with van der Waals surface area (Å²) in [4.78, 5) is 0.132. The summed E-state index contributed by atoms with van der Waals surface area (Å²) in [5.41, 5.74) is 2.41. The van der Waals surface area contributed by atoms with E-state index in [4.69, 9.17) is 15.4 Å². The molecule has 0 aliphatic carbocycles. The van der Waals surface area contributed by atoms with Crippen LogP contribution in [0.25, 0.3) is 11.1 Å². The van der Waals surface area contributed by atoms with E-state index < -0.39 is 9.05 Å². The highest BCUT2D eigenvalue weighted by molar-refractivity contribution is 8.13. The Morgan fingerprint density at radius 2 is 1.79 bits per heavy atom. The van der Waals surface area contributed by atoms with Gasteiger partial charge in [-0.15, -0.1) is 0 Å². The van der Waals surface area contributed by atoms with Gasteiger partial charge in [0.2, 0.25) is 0 Å². The van der Waals surface area contributed by atoms with Gasteiger partial charge in [0.15, 0.2) is 0 Å². The molecule has 0 saturated carbocycles. The molecule has 0 unspecified atom stereocenters. The van der Waals surface area contributed by atoms with Crippen LogP contribution in [0, 0.1) is 6.92 Å². The van der Waals surface area contributed by atoms with Crippen molar-refractivity contribution in [1.29, 1.82) is 0 Å². The topological polar surface area (TPSA) is 43.4 Å². The van der Waals surface area contributed by atoms with Crippen LogP contribution in [0.1, 0.15) is 5.56 Å². The van der Waals surface area contributed by atoms with E-state index in [0.29, 0.717) is 5.56 Å². The van der Waals surface area contributed by atoms with E-state index in [2.05, 4.69) is 0 Å². The van der Waals surface area contributed by atoms with Crippen LogP contribution in [0.2, 0.25) is 0 Å². The molecule has 0 amide bonds. The number of aryl methyl sites for hydroxylation is 1. The molecule has 5 heteroatoms. The zero-order valence-corrected chi connectivity index (χ0v) is 12.1. The van der Waals surface area contributed by atoms with Crippen molar-refractivity contribution in [3.05, 3.63) is 48.0 Å². The number of hydrogen-bond acceptors (Lipinski definition) is 3. The number of ether oxygens (including phenoxy) is 1. The van der Waals surface area contributed by atoms with Gasteiger partial charge in [-0.1, -0.05) is 24.3 Å². The standard InChI is InChI=1S/C14H13ClO3S/c1-10-9-11(7-8-14(10)19(15,16)17)12-5-3-4-6-13(12)18-2/h3-9H,1-2H3. The Morgan fingerprint density at radius 3 is 2.37 bits per heavy atom. The molecule has 3 nitrogen and oxygen atoms in total. The van der Waals surface area contributed by atoms with Crippen LogP contribution in [-0.2, 0) is 9.05 Å². The first kappa shape index (κ1) is 13.9. The number of hydrogen-bond donors (Lipinski definition) is 0. The average Bonchev–Trinajstić information content (AvgIpc) is 2.37. The van der Waals surface area contributed by atoms with Gasteiger partial charge >= 0.3 is 0 Å². The van der Waals surface area contributed by atoms with Crippen LogP contribution >= 0.6 is 10.7 Å². The zero-order valence-electron chi connectivity index (χ0n) is 10.6. The fourth-order valence-electron chi connectivity index (χ4n) is 1.97. The maximum atomic E-state index is 11.4. The first-order valence-corrected chi connectivity index (χ1v) is 7.93. The van der Waals surface area contributed by atoms with Gasteiger partial charge in [0, 0.05) is 16.2 Å². The lowest BCUT2D eigenvalue weighted by Crippen LogP contribution is -1.95. The van der Waals surface area contributed by atoms with Gasteiger partial charge in [-0.3, -0.25) is 0 Å². The minimum absolute atomic E-state index is 0.132. The van der Waals surface area contributed by atoms with E-state index in [1.165, 1.54) is 6.07 Å². The minimum Gasteiger partial charge on any atom is -0.496 e. The predicted molar refractivity (Wildman–Crippen MR) is 76.2 cm³/mol. The van der Waals surface area contributed by atoms with Gasteiger partial charge in [-0.05, 0) is 36.2 Å². The molecule has 0 N–H and O–H groups in total. The van der Waals surface area contributed by atoms with Crippen molar-refractivity contribution in [2.24, 2.45) is 0 Å². The molecule has 19 heavy (non-hydrogen) atoms. The van der Waals surface area contributed by atoms with Crippen molar-refractivity contribution in [3.63, 3.8) is 0 Å². The third-order valence-electron chi connectivity index (χ3n) is 2.86. The first-order valence-electron chi connectivity index (χ1n) is 5.62. The van der Waals surface area contributed by atoms with Crippen molar-refractivity contribution in [3.8, 4) is 16.9 Å². The molecular weight excluding hydrogens is 284 g/mol. The number of benzene rings is 2. The summed E-state index contributed by atoms with van der Waals surface area (Å²) in [6.07, 6.45) is 0. The van der Waals surface area contributed by atoms with Crippen LogP contribution in [0.3, 0.4) is 0 Å². The maximum absolute atomic E-state index is 11.4. The third-order valence-corrected chi connectivity index (χ3v) is 4.34. The van der Waals surface area contributed by atoms with Crippen LogP contribution in [0.5, 0.6) is 5.75 Å². The molecule has 0 aromatic heterocycles. The van der Waals surface area contributed by atoms with Gasteiger partial charge in [-0.25, -0.2) is 8.42 Å². The quantitative estimate of drug-likeness (QED) is 0.813. The highest BCUT2D eigenvalue weighted by atomic mass is 35.7. The van der Waals surface area contributed by atoms with Crippen LogP contribution < -0.4 is 4.74 Å². The van der Waals surface area contributed by atoms with Crippen molar-refractivity contribution in [1.82, 2.24) is 0 Å². The largest absolute Gasteiger partial charge is 0.496 e. The van der Waals surface area contributed by atoms with Gasteiger partial charge in [0.25, 0.3) is 9.05 Å². The van der Waals surface area contributed by atoms with Crippen molar-refractivity contribution in [2.75, 3.05) is 7.11 Å². The Hall–Kier alpha value is -1.52. The van der Waals surface area contributed by atoms with Gasteiger partial charge in [0.1, 0.15) is 5.75 Å². The van der Waals surface area contributed by atoms with E-state index in [-0.39, 0.29) is 4.90 Å². The molecule has 0 atom stereocenters. The molecule has 0 aliphatic heterocycles. The molecule has 2 rings (SSSR count). The van der Waals surface area contributed by atoms with Gasteiger partial charge in [-0.2, -0.15) is 0 Å². The van der Waals surface area contributed by atoms with Crippen molar-refractivity contribution >= 4 is 19.7 Å².